The van der Waals surface area contributed by atoms with E-state index in [1.807, 2.05) is 6.07 Å². The number of fused-ring (bicyclic) bond motifs is 1. The molecule has 1 aromatic rings. The lowest BCUT2D eigenvalue weighted by molar-refractivity contribution is 0.173. The van der Waals surface area contributed by atoms with E-state index in [4.69, 9.17) is 9.47 Å². The van der Waals surface area contributed by atoms with Gasteiger partial charge in [0.1, 0.15) is 0 Å². The topological polar surface area (TPSA) is 33.7 Å². The normalized spacial score (nSPS) is 20.5. The van der Waals surface area contributed by atoms with Gasteiger partial charge in [-0.1, -0.05) is 6.07 Å². The molecule has 4 nitrogen and oxygen atoms in total. The molecule has 2 aliphatic rings. The van der Waals surface area contributed by atoms with Gasteiger partial charge in [0, 0.05) is 32.2 Å². The lowest BCUT2D eigenvalue weighted by Crippen LogP contribution is -2.47. The van der Waals surface area contributed by atoms with Crippen LogP contribution in [0.2, 0.25) is 0 Å². The van der Waals surface area contributed by atoms with E-state index in [-0.39, 0.29) is 0 Å². The summed E-state index contributed by atoms with van der Waals surface area (Å²) < 4.78 is 10.8. The van der Waals surface area contributed by atoms with Gasteiger partial charge >= 0.3 is 0 Å². The minimum absolute atomic E-state index is 0.357. The van der Waals surface area contributed by atoms with Crippen LogP contribution in [-0.4, -0.2) is 43.9 Å². The van der Waals surface area contributed by atoms with Crippen molar-refractivity contribution < 1.29 is 9.47 Å². The van der Waals surface area contributed by atoms with Crippen LogP contribution in [0.25, 0.3) is 0 Å². The van der Waals surface area contributed by atoms with E-state index in [2.05, 4.69) is 29.3 Å². The molecule has 0 aliphatic carbocycles. The van der Waals surface area contributed by atoms with Gasteiger partial charge in [0.2, 0.25) is 6.79 Å². The molecule has 4 heteroatoms. The third-order valence-electron chi connectivity index (χ3n) is 4.06. The molecular weight excluding hydrogens is 240 g/mol. The SMILES string of the molecule is CC(CCc1ccc2c(c1)OCO2)N1CCNCC1. The van der Waals surface area contributed by atoms with Crippen LogP contribution >= 0.6 is 0 Å². The van der Waals surface area contributed by atoms with Crippen LogP contribution < -0.4 is 14.8 Å². The Morgan fingerprint density at radius 2 is 2.00 bits per heavy atom. The number of rotatable bonds is 4. The molecule has 1 atom stereocenters. The van der Waals surface area contributed by atoms with Gasteiger partial charge in [-0.25, -0.2) is 0 Å². The summed E-state index contributed by atoms with van der Waals surface area (Å²) in [6.45, 7) is 7.27. The second-order valence-corrected chi connectivity index (χ2v) is 5.36. The predicted molar refractivity (Wildman–Crippen MR) is 74.8 cm³/mol. The first-order chi connectivity index (χ1) is 9.33. The van der Waals surface area contributed by atoms with E-state index in [0.717, 1.165) is 31.0 Å². The van der Waals surface area contributed by atoms with E-state index >= 15 is 0 Å². The molecule has 0 bridgehead atoms. The number of hydrogen-bond acceptors (Lipinski definition) is 4. The molecular formula is C15H22N2O2. The Morgan fingerprint density at radius 3 is 2.84 bits per heavy atom. The highest BCUT2D eigenvalue weighted by Crippen LogP contribution is 2.32. The Kier molecular flexibility index (Phi) is 3.89. The zero-order valence-electron chi connectivity index (χ0n) is 11.5. The van der Waals surface area contributed by atoms with Gasteiger partial charge in [-0.05, 0) is 37.5 Å². The monoisotopic (exact) mass is 262 g/mol. The number of nitrogens with zero attached hydrogens (tertiary/aromatic N) is 1. The van der Waals surface area contributed by atoms with Crippen molar-refractivity contribution in [3.8, 4) is 11.5 Å². The maximum absolute atomic E-state index is 5.42. The van der Waals surface area contributed by atoms with Gasteiger partial charge in [0.05, 0.1) is 0 Å². The summed E-state index contributed by atoms with van der Waals surface area (Å²) in [7, 11) is 0. The molecule has 0 spiro atoms. The standard InChI is InChI=1S/C15H22N2O2/c1-12(17-8-6-16-7-9-17)2-3-13-4-5-14-15(10-13)19-11-18-14/h4-5,10,12,16H,2-3,6-9,11H2,1H3. The van der Waals surface area contributed by atoms with Crippen molar-refractivity contribution in [3.05, 3.63) is 23.8 Å². The summed E-state index contributed by atoms with van der Waals surface area (Å²) in [6, 6.07) is 6.94. The van der Waals surface area contributed by atoms with Crippen LogP contribution in [-0.2, 0) is 6.42 Å². The fraction of sp³-hybridized carbons (Fsp3) is 0.600. The Bertz CT molecular complexity index is 430. The van der Waals surface area contributed by atoms with E-state index in [1.165, 1.54) is 25.1 Å². The number of ether oxygens (including phenoxy) is 2. The summed E-state index contributed by atoms with van der Waals surface area (Å²) in [5.74, 6) is 1.77. The number of aryl methyl sites for hydroxylation is 1. The van der Waals surface area contributed by atoms with Crippen molar-refractivity contribution in [2.24, 2.45) is 0 Å². The Labute approximate surface area is 114 Å². The Hall–Kier alpha value is -1.26. The molecule has 0 saturated carbocycles. The average molecular weight is 262 g/mol. The fourth-order valence-corrected chi connectivity index (χ4v) is 2.78. The zero-order chi connectivity index (χ0) is 13.1. The summed E-state index contributed by atoms with van der Waals surface area (Å²) >= 11 is 0. The Balaban J connectivity index is 1.53. The predicted octanol–water partition coefficient (Wildman–Crippen LogP) is 1.64. The smallest absolute Gasteiger partial charge is 0.231 e. The molecule has 0 aromatic heterocycles. The minimum atomic E-state index is 0.357. The second kappa shape index (κ2) is 5.80. The van der Waals surface area contributed by atoms with Crippen molar-refractivity contribution in [1.29, 1.82) is 0 Å². The molecule has 1 N–H and O–H groups in total. The summed E-state index contributed by atoms with van der Waals surface area (Å²) in [4.78, 5) is 2.57. The molecule has 0 amide bonds. The third-order valence-corrected chi connectivity index (χ3v) is 4.06. The Morgan fingerprint density at radius 1 is 1.21 bits per heavy atom. The molecule has 1 saturated heterocycles. The lowest BCUT2D eigenvalue weighted by atomic mass is 10.0. The first kappa shape index (κ1) is 12.8. The average Bonchev–Trinajstić information content (AvgIpc) is 2.93. The summed E-state index contributed by atoms with van der Waals surface area (Å²) in [6.07, 6.45) is 2.29. The van der Waals surface area contributed by atoms with Crippen LogP contribution in [0.1, 0.15) is 18.9 Å². The van der Waals surface area contributed by atoms with Crippen LogP contribution in [0.5, 0.6) is 11.5 Å². The molecule has 104 valence electrons. The van der Waals surface area contributed by atoms with E-state index in [0.29, 0.717) is 12.8 Å². The van der Waals surface area contributed by atoms with Gasteiger partial charge in [-0.2, -0.15) is 0 Å². The molecule has 1 unspecified atom stereocenters. The molecule has 19 heavy (non-hydrogen) atoms. The summed E-state index contributed by atoms with van der Waals surface area (Å²) in [5, 5.41) is 3.40. The van der Waals surface area contributed by atoms with E-state index < -0.39 is 0 Å². The number of hydrogen-bond donors (Lipinski definition) is 1. The fourth-order valence-electron chi connectivity index (χ4n) is 2.78. The van der Waals surface area contributed by atoms with Crippen LogP contribution in [0.15, 0.2) is 18.2 Å². The molecule has 3 rings (SSSR count). The second-order valence-electron chi connectivity index (χ2n) is 5.36. The molecule has 2 heterocycles. The number of benzene rings is 1. The highest BCUT2D eigenvalue weighted by Gasteiger charge is 2.17. The molecule has 1 fully saturated rings. The van der Waals surface area contributed by atoms with Crippen molar-refractivity contribution in [2.75, 3.05) is 33.0 Å². The first-order valence-corrected chi connectivity index (χ1v) is 7.16. The largest absolute Gasteiger partial charge is 0.454 e. The quantitative estimate of drug-likeness (QED) is 0.894. The van der Waals surface area contributed by atoms with E-state index in [1.54, 1.807) is 0 Å². The maximum Gasteiger partial charge on any atom is 0.231 e. The van der Waals surface area contributed by atoms with Crippen molar-refractivity contribution in [3.63, 3.8) is 0 Å². The molecule has 1 aromatic carbocycles. The number of nitrogens with one attached hydrogen (secondary N) is 1. The van der Waals surface area contributed by atoms with Crippen LogP contribution in [0.4, 0.5) is 0 Å². The van der Waals surface area contributed by atoms with Gasteiger partial charge in [-0.3, -0.25) is 4.90 Å². The zero-order valence-corrected chi connectivity index (χ0v) is 11.5. The van der Waals surface area contributed by atoms with Crippen LogP contribution in [0.3, 0.4) is 0 Å². The first-order valence-electron chi connectivity index (χ1n) is 7.16. The molecule has 0 radical (unpaired) electrons. The van der Waals surface area contributed by atoms with Crippen molar-refractivity contribution >= 4 is 0 Å². The lowest BCUT2D eigenvalue weighted by Gasteiger charge is -2.32. The number of piperazine rings is 1. The highest BCUT2D eigenvalue weighted by molar-refractivity contribution is 5.44. The van der Waals surface area contributed by atoms with Crippen LogP contribution in [0, 0.1) is 0 Å². The maximum atomic E-state index is 5.42. The van der Waals surface area contributed by atoms with Gasteiger partial charge in [-0.15, -0.1) is 0 Å². The third kappa shape index (κ3) is 3.01. The minimum Gasteiger partial charge on any atom is -0.454 e. The highest BCUT2D eigenvalue weighted by atomic mass is 16.7. The van der Waals surface area contributed by atoms with Gasteiger partial charge in [0.15, 0.2) is 11.5 Å². The van der Waals surface area contributed by atoms with Gasteiger partial charge in [0.25, 0.3) is 0 Å². The van der Waals surface area contributed by atoms with E-state index in [9.17, 15) is 0 Å². The molecule has 2 aliphatic heterocycles. The van der Waals surface area contributed by atoms with Crippen molar-refractivity contribution in [2.45, 2.75) is 25.8 Å². The summed E-state index contributed by atoms with van der Waals surface area (Å²) in [5.41, 5.74) is 1.34. The van der Waals surface area contributed by atoms with Crippen molar-refractivity contribution in [1.82, 2.24) is 10.2 Å². The van der Waals surface area contributed by atoms with Gasteiger partial charge < -0.3 is 14.8 Å².